The van der Waals surface area contributed by atoms with Crippen LogP contribution in [-0.2, 0) is 43.7 Å². The fourth-order valence-electron chi connectivity index (χ4n) is 8.58. The molecule has 0 saturated carbocycles. The highest BCUT2D eigenvalue weighted by atomic mass is 32.2. The molecule has 0 unspecified atom stereocenters. The summed E-state index contributed by atoms with van der Waals surface area (Å²) in [7, 11) is -0.648. The number of para-hydroxylation sites is 2. The minimum atomic E-state index is -3.93. The number of rotatable bonds is 25. The topological polar surface area (TPSA) is 111 Å². The van der Waals surface area contributed by atoms with Gasteiger partial charge in [-0.25, -0.2) is 8.42 Å². The zero-order chi connectivity index (χ0) is 44.9. The first-order chi connectivity index (χ1) is 32.0. The highest BCUT2D eigenvalue weighted by Crippen LogP contribution is 2.64. The number of nitrogens with zero attached hydrogens (tertiary/aromatic N) is 1. The summed E-state index contributed by atoms with van der Waals surface area (Å²) in [5.74, 6) is 1.33. The maximum Gasteiger partial charge on any atom is 0.208 e. The molecule has 0 radical (unpaired) electrons. The van der Waals surface area contributed by atoms with Crippen LogP contribution in [0, 0.1) is 0 Å². The molecule has 6 aromatic carbocycles. The minimum absolute atomic E-state index is 0.299. The number of hydrogen-bond donors (Lipinski definition) is 0. The molecule has 12 heteroatoms. The Balaban J connectivity index is 1.19. The molecule has 6 aromatic rings. The summed E-state index contributed by atoms with van der Waals surface area (Å²) in [4.78, 5) is 2.82. The molecule has 11 nitrogen and oxygen atoms in total. The predicted molar refractivity (Wildman–Crippen MR) is 252 cm³/mol. The smallest absolute Gasteiger partial charge is 0.208 e. The number of methoxy groups -OCH3 is 2. The standard InChI is InChI=1S/C53H55NO10S/c1-57-27-29-59-31-33-61-35-37-63-45-22-17-40(18-23-45)53(41-19-24-46(25-20-41)64-38-36-62-34-32-60-30-28-58-2)49-39-44(54(42-11-5-3-6-12-42)43-13-7-4-8-14-43)21-26-47(49)52-51(53)48-15-9-10-16-50(48)65(52,55)56/h3-26,39H,27-38H2,1-2H3. The Kier molecular flexibility index (Phi) is 15.4. The van der Waals surface area contributed by atoms with Crippen molar-refractivity contribution >= 4 is 37.4 Å². The Morgan fingerprint density at radius 3 is 1.38 bits per heavy atom. The third-order valence-corrected chi connectivity index (χ3v) is 13.3. The van der Waals surface area contributed by atoms with E-state index >= 15 is 0 Å². The number of sulfone groups is 1. The second-order valence-electron chi connectivity index (χ2n) is 15.4. The molecular weight excluding hydrogens is 843 g/mol. The van der Waals surface area contributed by atoms with Gasteiger partial charge in [0, 0.05) is 31.3 Å². The molecule has 0 bridgehead atoms. The first kappa shape index (κ1) is 45.7. The van der Waals surface area contributed by atoms with Crippen molar-refractivity contribution in [1.29, 1.82) is 0 Å². The van der Waals surface area contributed by atoms with Crippen LogP contribution < -0.4 is 14.4 Å². The molecule has 0 amide bonds. The van der Waals surface area contributed by atoms with Gasteiger partial charge in [-0.1, -0.05) is 84.9 Å². The van der Waals surface area contributed by atoms with Crippen LogP contribution in [0.15, 0.2) is 157 Å². The van der Waals surface area contributed by atoms with E-state index in [1.807, 2.05) is 109 Å². The molecule has 0 aromatic heterocycles. The van der Waals surface area contributed by atoms with Crippen molar-refractivity contribution in [2.24, 2.45) is 0 Å². The summed E-state index contributed by atoms with van der Waals surface area (Å²) in [6.45, 7) is 5.44. The number of benzene rings is 6. The average Bonchev–Trinajstić information content (AvgIpc) is 3.78. The van der Waals surface area contributed by atoms with Gasteiger partial charge in [-0.3, -0.25) is 0 Å². The highest BCUT2D eigenvalue weighted by Gasteiger charge is 2.55. The van der Waals surface area contributed by atoms with Crippen LogP contribution in [0.5, 0.6) is 11.5 Å². The lowest BCUT2D eigenvalue weighted by molar-refractivity contribution is 0.0179. The van der Waals surface area contributed by atoms with Gasteiger partial charge in [0.05, 0.1) is 81.3 Å². The number of ether oxygens (including phenoxy) is 8. The van der Waals surface area contributed by atoms with E-state index in [0.717, 1.165) is 39.3 Å². The summed E-state index contributed by atoms with van der Waals surface area (Å²) in [6.07, 6.45) is 0. The summed E-state index contributed by atoms with van der Waals surface area (Å²) in [5, 5.41) is 0. The van der Waals surface area contributed by atoms with Gasteiger partial charge in [-0.2, -0.15) is 0 Å². The first-order valence-electron chi connectivity index (χ1n) is 21.9. The van der Waals surface area contributed by atoms with Crippen LogP contribution in [0.3, 0.4) is 0 Å². The second-order valence-corrected chi connectivity index (χ2v) is 17.2. The lowest BCUT2D eigenvalue weighted by Gasteiger charge is -2.36. The predicted octanol–water partition coefficient (Wildman–Crippen LogP) is 9.28. The largest absolute Gasteiger partial charge is 0.491 e. The number of hydrogen-bond acceptors (Lipinski definition) is 11. The third kappa shape index (κ3) is 9.90. The summed E-state index contributed by atoms with van der Waals surface area (Å²) < 4.78 is 74.6. The van der Waals surface area contributed by atoms with Crippen molar-refractivity contribution in [2.45, 2.75) is 10.3 Å². The molecule has 8 rings (SSSR count). The zero-order valence-electron chi connectivity index (χ0n) is 36.9. The third-order valence-electron chi connectivity index (χ3n) is 11.4. The first-order valence-corrected chi connectivity index (χ1v) is 23.4. The monoisotopic (exact) mass is 897 g/mol. The Bertz CT molecular complexity index is 2500. The van der Waals surface area contributed by atoms with Gasteiger partial charge >= 0.3 is 0 Å². The van der Waals surface area contributed by atoms with Crippen molar-refractivity contribution in [1.82, 2.24) is 0 Å². The molecule has 0 spiro atoms. The van der Waals surface area contributed by atoms with Gasteiger partial charge in [-0.05, 0) is 100 Å². The van der Waals surface area contributed by atoms with Crippen LogP contribution in [0.25, 0.3) is 10.5 Å². The van der Waals surface area contributed by atoms with E-state index in [1.54, 1.807) is 26.4 Å². The summed E-state index contributed by atoms with van der Waals surface area (Å²) in [5.41, 5.74) is 6.39. The number of anilines is 3. The lowest BCUT2D eigenvalue weighted by Crippen LogP contribution is -2.29. The maximum atomic E-state index is 14.9. The van der Waals surface area contributed by atoms with E-state index in [1.165, 1.54) is 0 Å². The van der Waals surface area contributed by atoms with Crippen molar-refractivity contribution in [3.63, 3.8) is 0 Å². The van der Waals surface area contributed by atoms with Crippen LogP contribution in [0.4, 0.5) is 17.1 Å². The molecule has 1 aliphatic heterocycles. The molecule has 65 heavy (non-hydrogen) atoms. The molecule has 2 aliphatic rings. The number of fused-ring (bicyclic) bond motifs is 4. The van der Waals surface area contributed by atoms with Crippen LogP contribution in [-0.4, -0.2) is 102 Å². The Morgan fingerprint density at radius 1 is 0.446 bits per heavy atom. The SMILES string of the molecule is COCCOCCOCCOc1ccc(C2(c3ccc(OCCOCCOCCOC)cc3)C3=C(c4ccc(N(c5ccccc5)c5ccccc5)cc42)S(=O)(=O)c2ccccc23)cc1. The van der Waals surface area contributed by atoms with Crippen LogP contribution in [0.1, 0.15) is 27.8 Å². The Labute approximate surface area is 382 Å². The normalized spacial score (nSPS) is 14.2. The van der Waals surface area contributed by atoms with E-state index in [9.17, 15) is 8.42 Å². The van der Waals surface area contributed by atoms with Crippen molar-refractivity contribution in [3.05, 3.63) is 179 Å². The fraction of sp³-hybridized carbons (Fsp3) is 0.283. The molecule has 0 N–H and O–H groups in total. The van der Waals surface area contributed by atoms with Crippen LogP contribution in [0.2, 0.25) is 0 Å². The maximum absolute atomic E-state index is 14.9. The molecule has 1 heterocycles. The van der Waals surface area contributed by atoms with Gasteiger partial charge < -0.3 is 42.8 Å². The van der Waals surface area contributed by atoms with E-state index in [0.29, 0.717) is 112 Å². The summed E-state index contributed by atoms with van der Waals surface area (Å²) >= 11 is 0. The van der Waals surface area contributed by atoms with E-state index in [-0.39, 0.29) is 0 Å². The Hall–Kier alpha value is -5.83. The molecule has 0 saturated heterocycles. The summed E-state index contributed by atoms with van der Waals surface area (Å²) in [6, 6.07) is 49.9. The fourth-order valence-corrected chi connectivity index (χ4v) is 10.5. The quantitative estimate of drug-likeness (QED) is 0.0513. The zero-order valence-corrected chi connectivity index (χ0v) is 37.7. The molecule has 0 atom stereocenters. The van der Waals surface area contributed by atoms with Gasteiger partial charge in [-0.15, -0.1) is 0 Å². The van der Waals surface area contributed by atoms with Gasteiger partial charge in [0.1, 0.15) is 24.7 Å². The van der Waals surface area contributed by atoms with Crippen LogP contribution >= 0.6 is 0 Å². The highest BCUT2D eigenvalue weighted by molar-refractivity contribution is 8.01. The Morgan fingerprint density at radius 2 is 0.892 bits per heavy atom. The van der Waals surface area contributed by atoms with Crippen molar-refractivity contribution in [2.75, 3.05) is 98.4 Å². The van der Waals surface area contributed by atoms with Gasteiger partial charge in [0.25, 0.3) is 0 Å². The lowest BCUT2D eigenvalue weighted by atomic mass is 9.65. The van der Waals surface area contributed by atoms with Gasteiger partial charge in [0.15, 0.2) is 0 Å². The molecular formula is C53H55NO10S. The number of allylic oxidation sites excluding steroid dienone is 1. The van der Waals surface area contributed by atoms with E-state index in [4.69, 9.17) is 37.9 Å². The van der Waals surface area contributed by atoms with E-state index < -0.39 is 15.3 Å². The minimum Gasteiger partial charge on any atom is -0.491 e. The van der Waals surface area contributed by atoms with E-state index in [2.05, 4.69) is 35.2 Å². The molecule has 338 valence electrons. The van der Waals surface area contributed by atoms with Crippen molar-refractivity contribution < 1.29 is 46.3 Å². The average molecular weight is 898 g/mol. The molecule has 1 aliphatic carbocycles. The van der Waals surface area contributed by atoms with Crippen molar-refractivity contribution in [3.8, 4) is 11.5 Å². The second kappa shape index (κ2) is 21.9. The van der Waals surface area contributed by atoms with Gasteiger partial charge in [0.2, 0.25) is 9.84 Å². The molecule has 0 fully saturated rings.